The monoisotopic (exact) mass is 176 g/mol. The second-order valence-electron chi connectivity index (χ2n) is 2.82. The van der Waals surface area contributed by atoms with Crippen LogP contribution in [0.4, 0.5) is 0 Å². The highest BCUT2D eigenvalue weighted by molar-refractivity contribution is 5.24. The van der Waals surface area contributed by atoms with Crippen molar-refractivity contribution in [2.75, 3.05) is 0 Å². The lowest BCUT2D eigenvalue weighted by atomic mass is 10.1. The Morgan fingerprint density at radius 1 is 1.46 bits per heavy atom. The number of hydrogen-bond acceptors (Lipinski definition) is 2. The minimum absolute atomic E-state index is 0.204. The Morgan fingerprint density at radius 3 is 2.92 bits per heavy atom. The molecule has 0 amide bonds. The van der Waals surface area contributed by atoms with Gasteiger partial charge in [0.05, 0.1) is 0 Å². The molecule has 1 rings (SSSR count). The van der Waals surface area contributed by atoms with Crippen LogP contribution in [-0.2, 0) is 6.42 Å². The number of aromatic hydroxyl groups is 1. The Morgan fingerprint density at radius 2 is 2.23 bits per heavy atom. The first-order valence-electron chi connectivity index (χ1n) is 4.17. The highest BCUT2D eigenvalue weighted by atomic mass is 16.3. The van der Waals surface area contributed by atoms with Crippen LogP contribution >= 0.6 is 0 Å². The molecular formula is C11H12O2. The first-order valence-corrected chi connectivity index (χ1v) is 4.17. The molecule has 1 aromatic carbocycles. The van der Waals surface area contributed by atoms with Gasteiger partial charge in [-0.3, -0.25) is 4.79 Å². The third-order valence-corrected chi connectivity index (χ3v) is 1.77. The zero-order valence-electron chi connectivity index (χ0n) is 7.36. The van der Waals surface area contributed by atoms with Crippen LogP contribution in [0.2, 0.25) is 0 Å². The van der Waals surface area contributed by atoms with Gasteiger partial charge >= 0.3 is 0 Å². The van der Waals surface area contributed by atoms with Crippen molar-refractivity contribution < 1.29 is 5.11 Å². The normalized spacial score (nSPS) is 9.54. The Kier molecular flexibility index (Phi) is 3.26. The maximum Gasteiger partial charge on any atom is 0.220 e. The van der Waals surface area contributed by atoms with E-state index in [-0.39, 0.29) is 11.2 Å². The van der Waals surface area contributed by atoms with Gasteiger partial charge in [-0.1, -0.05) is 18.2 Å². The summed E-state index contributed by atoms with van der Waals surface area (Å²) in [6.07, 6.45) is 3.43. The van der Waals surface area contributed by atoms with E-state index in [1.54, 1.807) is 12.1 Å². The SMILES string of the molecule is C=CCCc1cccc(O)c(=O)c1. The molecule has 0 radical (unpaired) electrons. The predicted octanol–water partition coefficient (Wildman–Crippen LogP) is 1.87. The summed E-state index contributed by atoms with van der Waals surface area (Å²) in [5, 5.41) is 9.10. The number of aryl methyl sites for hydroxylation is 1. The van der Waals surface area contributed by atoms with Crippen LogP contribution in [0.15, 0.2) is 41.7 Å². The lowest BCUT2D eigenvalue weighted by Gasteiger charge is -1.91. The van der Waals surface area contributed by atoms with Gasteiger partial charge in [-0.15, -0.1) is 6.58 Å². The largest absolute Gasteiger partial charge is 0.504 e. The zero-order chi connectivity index (χ0) is 9.68. The summed E-state index contributed by atoms with van der Waals surface area (Å²) in [7, 11) is 0. The Hall–Kier alpha value is -1.57. The van der Waals surface area contributed by atoms with Gasteiger partial charge in [0.2, 0.25) is 5.43 Å². The van der Waals surface area contributed by atoms with E-state index < -0.39 is 0 Å². The Balaban J connectivity index is 2.99. The van der Waals surface area contributed by atoms with E-state index in [0.29, 0.717) is 0 Å². The van der Waals surface area contributed by atoms with Gasteiger partial charge < -0.3 is 5.11 Å². The van der Waals surface area contributed by atoms with E-state index in [2.05, 4.69) is 6.58 Å². The van der Waals surface area contributed by atoms with Gasteiger partial charge in [0.1, 0.15) is 0 Å². The van der Waals surface area contributed by atoms with Crippen LogP contribution in [0.5, 0.6) is 5.75 Å². The first-order chi connectivity index (χ1) is 6.24. The molecule has 1 aromatic rings. The van der Waals surface area contributed by atoms with Crippen LogP contribution < -0.4 is 5.43 Å². The fraction of sp³-hybridized carbons (Fsp3) is 0.182. The van der Waals surface area contributed by atoms with Gasteiger partial charge in [-0.2, -0.15) is 0 Å². The number of rotatable bonds is 3. The van der Waals surface area contributed by atoms with Crippen molar-refractivity contribution in [2.24, 2.45) is 0 Å². The molecule has 2 nitrogen and oxygen atoms in total. The van der Waals surface area contributed by atoms with Crippen LogP contribution in [0.1, 0.15) is 12.0 Å². The molecule has 0 heterocycles. The highest BCUT2D eigenvalue weighted by Crippen LogP contribution is 2.03. The average molecular weight is 176 g/mol. The first kappa shape index (κ1) is 9.52. The molecular weight excluding hydrogens is 164 g/mol. The molecule has 1 N–H and O–H groups in total. The maximum absolute atomic E-state index is 11.1. The van der Waals surface area contributed by atoms with Crippen molar-refractivity contribution in [3.05, 3.63) is 52.7 Å². The second kappa shape index (κ2) is 4.45. The van der Waals surface area contributed by atoms with Gasteiger partial charge in [-0.25, -0.2) is 0 Å². The van der Waals surface area contributed by atoms with E-state index in [1.807, 2.05) is 6.07 Å². The van der Waals surface area contributed by atoms with E-state index in [9.17, 15) is 4.79 Å². The highest BCUT2D eigenvalue weighted by Gasteiger charge is 1.94. The van der Waals surface area contributed by atoms with Crippen molar-refractivity contribution >= 4 is 0 Å². The fourth-order valence-electron chi connectivity index (χ4n) is 1.06. The van der Waals surface area contributed by atoms with Gasteiger partial charge in [0.15, 0.2) is 5.75 Å². The third-order valence-electron chi connectivity index (χ3n) is 1.77. The molecule has 0 aliphatic heterocycles. The molecule has 13 heavy (non-hydrogen) atoms. The standard InChI is InChI=1S/C11H12O2/c1-2-3-5-9-6-4-7-10(12)11(13)8-9/h2,4,6-8H,1,3,5H2,(H,12,13). The van der Waals surface area contributed by atoms with E-state index in [1.165, 1.54) is 12.1 Å². The van der Waals surface area contributed by atoms with Gasteiger partial charge in [0.25, 0.3) is 0 Å². The summed E-state index contributed by atoms with van der Waals surface area (Å²) in [5.41, 5.74) is 0.592. The lowest BCUT2D eigenvalue weighted by molar-refractivity contribution is 0.471. The molecule has 0 atom stereocenters. The molecule has 0 aliphatic rings. The molecule has 0 bridgehead atoms. The van der Waals surface area contributed by atoms with Crippen LogP contribution in [-0.4, -0.2) is 5.11 Å². The fourth-order valence-corrected chi connectivity index (χ4v) is 1.06. The number of hydrogen-bond donors (Lipinski definition) is 1. The third kappa shape index (κ3) is 2.75. The van der Waals surface area contributed by atoms with E-state index in [4.69, 9.17) is 5.11 Å². The van der Waals surface area contributed by atoms with Crippen molar-refractivity contribution in [1.82, 2.24) is 0 Å². The number of allylic oxidation sites excluding steroid dienone is 1. The minimum atomic E-state index is -0.330. The topological polar surface area (TPSA) is 37.3 Å². The van der Waals surface area contributed by atoms with Gasteiger partial charge in [-0.05, 0) is 30.5 Å². The van der Waals surface area contributed by atoms with Crippen molar-refractivity contribution in [2.45, 2.75) is 12.8 Å². The van der Waals surface area contributed by atoms with Crippen molar-refractivity contribution in [1.29, 1.82) is 0 Å². The Labute approximate surface area is 77.2 Å². The zero-order valence-corrected chi connectivity index (χ0v) is 7.36. The summed E-state index contributed by atoms with van der Waals surface area (Å²) in [6, 6.07) is 6.36. The smallest absolute Gasteiger partial charge is 0.220 e. The van der Waals surface area contributed by atoms with E-state index >= 15 is 0 Å². The summed E-state index contributed by atoms with van der Waals surface area (Å²) in [5.74, 6) is -0.204. The van der Waals surface area contributed by atoms with Crippen LogP contribution in [0.3, 0.4) is 0 Å². The lowest BCUT2D eigenvalue weighted by Crippen LogP contribution is -1.95. The molecule has 68 valence electrons. The quantitative estimate of drug-likeness (QED) is 0.714. The van der Waals surface area contributed by atoms with Gasteiger partial charge in [0, 0.05) is 0 Å². The van der Waals surface area contributed by atoms with Crippen LogP contribution in [0.25, 0.3) is 0 Å². The molecule has 0 unspecified atom stereocenters. The summed E-state index contributed by atoms with van der Waals surface area (Å²) in [4.78, 5) is 11.1. The maximum atomic E-state index is 11.1. The van der Waals surface area contributed by atoms with Crippen LogP contribution in [0, 0.1) is 0 Å². The summed E-state index contributed by atoms with van der Waals surface area (Å²) >= 11 is 0. The second-order valence-corrected chi connectivity index (χ2v) is 2.82. The van der Waals surface area contributed by atoms with Crippen molar-refractivity contribution in [3.63, 3.8) is 0 Å². The molecule has 0 fully saturated rings. The molecule has 0 aliphatic carbocycles. The molecule has 2 heteroatoms. The van der Waals surface area contributed by atoms with Crippen molar-refractivity contribution in [3.8, 4) is 5.75 Å². The Bertz CT molecular complexity index is 356. The minimum Gasteiger partial charge on any atom is -0.504 e. The average Bonchev–Trinajstić information content (AvgIpc) is 2.26. The molecule has 0 spiro atoms. The molecule has 0 aromatic heterocycles. The molecule has 0 saturated carbocycles. The summed E-state index contributed by atoms with van der Waals surface area (Å²) < 4.78 is 0. The molecule has 0 saturated heterocycles. The van der Waals surface area contributed by atoms with E-state index in [0.717, 1.165) is 18.4 Å². The predicted molar refractivity (Wildman–Crippen MR) is 52.9 cm³/mol. The summed E-state index contributed by atoms with van der Waals surface area (Å²) in [6.45, 7) is 3.60.